The van der Waals surface area contributed by atoms with Crippen molar-refractivity contribution in [1.29, 1.82) is 0 Å². The molecule has 0 aliphatic heterocycles. The summed E-state index contributed by atoms with van der Waals surface area (Å²) in [6, 6.07) is 4.40. The van der Waals surface area contributed by atoms with Crippen LogP contribution in [0.3, 0.4) is 0 Å². The van der Waals surface area contributed by atoms with Crippen molar-refractivity contribution in [2.24, 2.45) is 0 Å². The molecule has 1 aromatic heterocycles. The number of benzene rings is 1. The molecule has 0 unspecified atom stereocenters. The molecule has 0 bridgehead atoms. The zero-order valence-corrected chi connectivity index (χ0v) is 11.6. The lowest BCUT2D eigenvalue weighted by molar-refractivity contribution is -0.384. The van der Waals surface area contributed by atoms with Gasteiger partial charge in [-0.05, 0) is 19.0 Å². The zero-order valence-electron chi connectivity index (χ0n) is 10.8. The van der Waals surface area contributed by atoms with Gasteiger partial charge in [-0.2, -0.15) is 0 Å². The first-order valence-electron chi connectivity index (χ1n) is 6.09. The molecule has 0 spiro atoms. The van der Waals surface area contributed by atoms with Crippen LogP contribution in [0.4, 0.5) is 5.69 Å². The highest BCUT2D eigenvalue weighted by Crippen LogP contribution is 2.35. The van der Waals surface area contributed by atoms with Crippen molar-refractivity contribution in [3.8, 4) is 11.5 Å². The van der Waals surface area contributed by atoms with Crippen LogP contribution in [0.25, 0.3) is 11.5 Å². The lowest BCUT2D eigenvalue weighted by Gasteiger charge is -2.00. The van der Waals surface area contributed by atoms with E-state index >= 15 is 0 Å². The predicted octanol–water partition coefficient (Wildman–Crippen LogP) is 2.80. The van der Waals surface area contributed by atoms with E-state index in [4.69, 9.17) is 16.0 Å². The highest BCUT2D eigenvalue weighted by Gasteiger charge is 2.23. The Hall–Kier alpha value is -1.99. The van der Waals surface area contributed by atoms with Crippen molar-refractivity contribution in [3.05, 3.63) is 39.2 Å². The Bertz CT molecular complexity index is 614. The zero-order chi connectivity index (χ0) is 14.5. The average Bonchev–Trinajstić information content (AvgIpc) is 2.87. The van der Waals surface area contributed by atoms with Gasteiger partial charge in [-0.15, -0.1) is 10.2 Å². The van der Waals surface area contributed by atoms with Crippen LogP contribution in [0.15, 0.2) is 22.6 Å². The number of nitro benzene ring substituents is 1. The molecule has 0 aliphatic carbocycles. The van der Waals surface area contributed by atoms with E-state index in [0.717, 1.165) is 13.0 Å². The third-order valence-corrected chi connectivity index (χ3v) is 2.89. The summed E-state index contributed by atoms with van der Waals surface area (Å²) in [7, 11) is 0. The first-order valence-corrected chi connectivity index (χ1v) is 6.47. The van der Waals surface area contributed by atoms with Crippen LogP contribution in [0.5, 0.6) is 0 Å². The first kappa shape index (κ1) is 14.4. The second-order valence-electron chi connectivity index (χ2n) is 4.07. The van der Waals surface area contributed by atoms with Gasteiger partial charge in [0.15, 0.2) is 0 Å². The van der Waals surface area contributed by atoms with Gasteiger partial charge in [-0.1, -0.05) is 24.6 Å². The standard InChI is InChI=1S/C12H13ClN4O3/c1-2-6-14-7-10-15-16-12(20-10)11-8(13)4-3-5-9(11)17(18)19/h3-5,14H,2,6-7H2,1H3. The summed E-state index contributed by atoms with van der Waals surface area (Å²) in [5, 5.41) is 22.0. The third-order valence-electron chi connectivity index (χ3n) is 2.57. The molecule has 1 N–H and O–H groups in total. The van der Waals surface area contributed by atoms with E-state index in [1.54, 1.807) is 6.07 Å². The molecular weight excluding hydrogens is 284 g/mol. The molecule has 0 fully saturated rings. The molecule has 1 aromatic carbocycles. The van der Waals surface area contributed by atoms with Gasteiger partial charge in [0.25, 0.3) is 11.6 Å². The molecule has 106 valence electrons. The Morgan fingerprint density at radius 2 is 2.25 bits per heavy atom. The largest absolute Gasteiger partial charge is 0.419 e. The minimum absolute atomic E-state index is 0.0515. The number of hydrogen-bond donors (Lipinski definition) is 1. The van der Waals surface area contributed by atoms with Crippen molar-refractivity contribution in [3.63, 3.8) is 0 Å². The van der Waals surface area contributed by atoms with Gasteiger partial charge in [0, 0.05) is 6.07 Å². The minimum Gasteiger partial charge on any atom is -0.419 e. The van der Waals surface area contributed by atoms with Crippen molar-refractivity contribution in [2.75, 3.05) is 6.54 Å². The van der Waals surface area contributed by atoms with Gasteiger partial charge >= 0.3 is 0 Å². The summed E-state index contributed by atoms with van der Waals surface area (Å²) >= 11 is 6.00. The SMILES string of the molecule is CCCNCc1nnc(-c2c(Cl)cccc2[N+](=O)[O-])o1. The molecule has 20 heavy (non-hydrogen) atoms. The number of nitrogens with one attached hydrogen (secondary N) is 1. The number of halogens is 1. The molecule has 0 amide bonds. The molecule has 0 saturated heterocycles. The van der Waals surface area contributed by atoms with Gasteiger partial charge < -0.3 is 9.73 Å². The fourth-order valence-corrected chi connectivity index (χ4v) is 1.93. The highest BCUT2D eigenvalue weighted by atomic mass is 35.5. The molecule has 1 heterocycles. The summed E-state index contributed by atoms with van der Waals surface area (Å²) in [6.07, 6.45) is 0.983. The van der Waals surface area contributed by atoms with Gasteiger partial charge in [0.05, 0.1) is 16.5 Å². The second-order valence-corrected chi connectivity index (χ2v) is 4.48. The second kappa shape index (κ2) is 6.44. The van der Waals surface area contributed by atoms with E-state index in [1.807, 2.05) is 6.92 Å². The molecular formula is C12H13ClN4O3. The minimum atomic E-state index is -0.527. The molecule has 0 aliphatic rings. The van der Waals surface area contributed by atoms with Crippen molar-refractivity contribution in [1.82, 2.24) is 15.5 Å². The van der Waals surface area contributed by atoms with Crippen LogP contribution >= 0.6 is 11.6 Å². The fourth-order valence-electron chi connectivity index (χ4n) is 1.67. The summed E-state index contributed by atoms with van der Waals surface area (Å²) in [6.45, 7) is 3.28. The van der Waals surface area contributed by atoms with Crippen molar-refractivity contribution >= 4 is 17.3 Å². The Kier molecular flexibility index (Phi) is 4.65. The van der Waals surface area contributed by atoms with Crippen LogP contribution in [0.2, 0.25) is 5.02 Å². The average molecular weight is 297 g/mol. The quantitative estimate of drug-likeness (QED) is 0.500. The lowest BCUT2D eigenvalue weighted by atomic mass is 10.2. The molecule has 0 radical (unpaired) electrons. The molecule has 0 atom stereocenters. The van der Waals surface area contributed by atoms with E-state index in [9.17, 15) is 10.1 Å². The molecule has 7 nitrogen and oxygen atoms in total. The summed E-state index contributed by atoms with van der Waals surface area (Å²) in [5.74, 6) is 0.415. The van der Waals surface area contributed by atoms with E-state index in [2.05, 4.69) is 15.5 Å². The Labute approximate surface area is 120 Å². The van der Waals surface area contributed by atoms with E-state index in [1.165, 1.54) is 12.1 Å². The Balaban J connectivity index is 2.30. The third kappa shape index (κ3) is 3.12. The number of nitro groups is 1. The van der Waals surface area contributed by atoms with Gasteiger partial charge in [-0.25, -0.2) is 0 Å². The van der Waals surface area contributed by atoms with E-state index < -0.39 is 4.92 Å². The van der Waals surface area contributed by atoms with Crippen LogP contribution in [-0.2, 0) is 6.54 Å². The molecule has 2 aromatic rings. The number of rotatable bonds is 6. The van der Waals surface area contributed by atoms with Crippen molar-refractivity contribution < 1.29 is 9.34 Å². The topological polar surface area (TPSA) is 94.1 Å². The molecule has 8 heteroatoms. The number of hydrogen-bond acceptors (Lipinski definition) is 6. The number of aromatic nitrogens is 2. The normalized spacial score (nSPS) is 10.7. The van der Waals surface area contributed by atoms with Crippen LogP contribution in [0, 0.1) is 10.1 Å². The predicted molar refractivity (Wildman–Crippen MR) is 73.4 cm³/mol. The maximum Gasteiger partial charge on any atom is 0.283 e. The first-order chi connectivity index (χ1) is 9.63. The Morgan fingerprint density at radius 1 is 1.45 bits per heavy atom. The molecule has 2 rings (SSSR count). The smallest absolute Gasteiger partial charge is 0.283 e. The molecule has 0 saturated carbocycles. The fraction of sp³-hybridized carbons (Fsp3) is 0.333. The van der Waals surface area contributed by atoms with E-state index in [0.29, 0.717) is 12.4 Å². The van der Waals surface area contributed by atoms with Crippen molar-refractivity contribution in [2.45, 2.75) is 19.9 Å². The monoisotopic (exact) mass is 296 g/mol. The number of nitrogens with zero attached hydrogens (tertiary/aromatic N) is 3. The summed E-state index contributed by atoms with van der Waals surface area (Å²) in [4.78, 5) is 10.5. The van der Waals surface area contributed by atoms with Gasteiger partial charge in [0.1, 0.15) is 5.56 Å². The maximum absolute atomic E-state index is 11.0. The van der Waals surface area contributed by atoms with Crippen LogP contribution < -0.4 is 5.32 Å². The summed E-state index contributed by atoms with van der Waals surface area (Å²) in [5.41, 5.74) is -0.0115. The van der Waals surface area contributed by atoms with Gasteiger partial charge in [-0.3, -0.25) is 10.1 Å². The summed E-state index contributed by atoms with van der Waals surface area (Å²) < 4.78 is 5.41. The lowest BCUT2D eigenvalue weighted by Crippen LogP contribution is -2.13. The van der Waals surface area contributed by atoms with Crippen LogP contribution in [0.1, 0.15) is 19.2 Å². The van der Waals surface area contributed by atoms with Crippen LogP contribution in [-0.4, -0.2) is 21.7 Å². The van der Waals surface area contributed by atoms with E-state index in [-0.39, 0.29) is 22.2 Å². The highest BCUT2D eigenvalue weighted by molar-refractivity contribution is 6.33. The Morgan fingerprint density at radius 3 is 2.95 bits per heavy atom. The maximum atomic E-state index is 11.0. The van der Waals surface area contributed by atoms with Gasteiger partial charge in [0.2, 0.25) is 5.89 Å².